The first-order valence-electron chi connectivity index (χ1n) is 5.60. The van der Waals surface area contributed by atoms with E-state index in [4.69, 9.17) is 9.84 Å². The van der Waals surface area contributed by atoms with Gasteiger partial charge < -0.3 is 14.4 Å². The van der Waals surface area contributed by atoms with E-state index in [9.17, 15) is 4.79 Å². The zero-order chi connectivity index (χ0) is 13.0. The Hall–Kier alpha value is -2.30. The summed E-state index contributed by atoms with van der Waals surface area (Å²) in [7, 11) is 1.69. The molecule has 0 fully saturated rings. The zero-order valence-corrected chi connectivity index (χ0v) is 10.0. The molecule has 1 aromatic heterocycles. The van der Waals surface area contributed by atoms with Gasteiger partial charge in [-0.3, -0.25) is 0 Å². The minimum absolute atomic E-state index is 0.185. The minimum atomic E-state index is -0.972. The fraction of sp³-hybridized carbons (Fsp3) is 0.231. The van der Waals surface area contributed by atoms with E-state index >= 15 is 0 Å². The van der Waals surface area contributed by atoms with Crippen molar-refractivity contribution in [3.05, 3.63) is 48.0 Å². The monoisotopic (exact) mass is 246 g/mol. The number of carbonyl (C=O) groups is 1. The molecule has 0 spiro atoms. The third-order valence-corrected chi connectivity index (χ3v) is 2.64. The van der Waals surface area contributed by atoms with Crippen molar-refractivity contribution < 1.29 is 14.6 Å². The van der Waals surface area contributed by atoms with Gasteiger partial charge in [0.15, 0.2) is 0 Å². The van der Waals surface area contributed by atoms with Gasteiger partial charge in [-0.15, -0.1) is 0 Å². The van der Waals surface area contributed by atoms with Crippen molar-refractivity contribution in [3.8, 4) is 5.75 Å². The van der Waals surface area contributed by atoms with Gasteiger partial charge in [0.1, 0.15) is 17.3 Å². The summed E-state index contributed by atoms with van der Waals surface area (Å²) in [4.78, 5) is 14.9. The highest BCUT2D eigenvalue weighted by Crippen LogP contribution is 2.09. The third-order valence-electron chi connectivity index (χ3n) is 2.64. The second-order valence-corrected chi connectivity index (χ2v) is 3.84. The van der Waals surface area contributed by atoms with Crippen LogP contribution in [0.2, 0.25) is 0 Å². The molecule has 5 heteroatoms. The van der Waals surface area contributed by atoms with E-state index in [0.717, 1.165) is 5.75 Å². The van der Waals surface area contributed by atoms with Gasteiger partial charge in [0.2, 0.25) is 0 Å². The van der Waals surface area contributed by atoms with Gasteiger partial charge in [-0.25, -0.2) is 9.78 Å². The molecular formula is C13H14N2O3. The lowest BCUT2D eigenvalue weighted by Gasteiger charge is -2.06. The second-order valence-electron chi connectivity index (χ2n) is 3.84. The van der Waals surface area contributed by atoms with Crippen LogP contribution in [0.15, 0.2) is 36.5 Å². The quantitative estimate of drug-likeness (QED) is 0.872. The maximum absolute atomic E-state index is 10.8. The van der Waals surface area contributed by atoms with Crippen molar-refractivity contribution >= 4 is 5.97 Å². The normalized spacial score (nSPS) is 10.3. The summed E-state index contributed by atoms with van der Waals surface area (Å²) in [5.41, 5.74) is 0.185. The van der Waals surface area contributed by atoms with E-state index in [1.54, 1.807) is 11.6 Å². The van der Waals surface area contributed by atoms with E-state index in [-0.39, 0.29) is 5.69 Å². The fourth-order valence-electron chi connectivity index (χ4n) is 1.66. The van der Waals surface area contributed by atoms with Gasteiger partial charge in [-0.05, 0) is 12.1 Å². The summed E-state index contributed by atoms with van der Waals surface area (Å²) >= 11 is 0. The highest BCUT2D eigenvalue weighted by molar-refractivity contribution is 5.85. The zero-order valence-electron chi connectivity index (χ0n) is 10.0. The summed E-state index contributed by atoms with van der Waals surface area (Å²) in [6.45, 7) is 0.466. The molecule has 18 heavy (non-hydrogen) atoms. The molecule has 0 amide bonds. The van der Waals surface area contributed by atoms with E-state index in [0.29, 0.717) is 18.9 Å². The first kappa shape index (κ1) is 12.2. The molecule has 0 unspecified atom stereocenters. The van der Waals surface area contributed by atoms with Crippen molar-refractivity contribution in [2.45, 2.75) is 6.42 Å². The van der Waals surface area contributed by atoms with Gasteiger partial charge in [0.05, 0.1) is 12.8 Å². The smallest absolute Gasteiger partial charge is 0.354 e. The Morgan fingerprint density at radius 2 is 2.11 bits per heavy atom. The average Bonchev–Trinajstić information content (AvgIpc) is 2.73. The number of benzene rings is 1. The lowest BCUT2D eigenvalue weighted by Crippen LogP contribution is -2.10. The van der Waals surface area contributed by atoms with Gasteiger partial charge in [0.25, 0.3) is 0 Å². The Morgan fingerprint density at radius 1 is 1.39 bits per heavy atom. The molecule has 1 N–H and O–H groups in total. The molecule has 1 heterocycles. The Kier molecular flexibility index (Phi) is 3.62. The van der Waals surface area contributed by atoms with Crippen LogP contribution in [0.25, 0.3) is 0 Å². The number of imidazole rings is 1. The standard InChI is InChI=1S/C13H14N2O3/c1-15-11(13(16)17)9-14-12(15)7-8-18-10-5-3-2-4-6-10/h2-6,9H,7-8H2,1H3,(H,16,17). The fourth-order valence-corrected chi connectivity index (χ4v) is 1.66. The summed E-state index contributed by atoms with van der Waals surface area (Å²) in [6, 6.07) is 9.48. The van der Waals surface area contributed by atoms with Gasteiger partial charge >= 0.3 is 5.97 Å². The lowest BCUT2D eigenvalue weighted by atomic mass is 10.3. The molecule has 2 rings (SSSR count). The van der Waals surface area contributed by atoms with E-state index in [1.165, 1.54) is 6.20 Å². The lowest BCUT2D eigenvalue weighted by molar-refractivity contribution is 0.0686. The molecule has 0 radical (unpaired) electrons. The molecule has 0 aliphatic heterocycles. The summed E-state index contributed by atoms with van der Waals surface area (Å²) in [6.07, 6.45) is 1.93. The number of ether oxygens (including phenoxy) is 1. The highest BCUT2D eigenvalue weighted by Gasteiger charge is 2.12. The van der Waals surface area contributed by atoms with Crippen LogP contribution in [0.1, 0.15) is 16.3 Å². The van der Waals surface area contributed by atoms with Crippen LogP contribution < -0.4 is 4.74 Å². The van der Waals surface area contributed by atoms with Crippen molar-refractivity contribution in [2.24, 2.45) is 7.05 Å². The first-order valence-corrected chi connectivity index (χ1v) is 5.60. The first-order chi connectivity index (χ1) is 8.68. The molecule has 0 saturated heterocycles. The Balaban J connectivity index is 1.93. The Morgan fingerprint density at radius 3 is 2.72 bits per heavy atom. The molecule has 0 saturated carbocycles. The Labute approximate surface area is 105 Å². The maximum atomic E-state index is 10.8. The van der Waals surface area contributed by atoms with Crippen LogP contribution in [-0.2, 0) is 13.5 Å². The number of hydrogen-bond acceptors (Lipinski definition) is 3. The van der Waals surface area contributed by atoms with Crippen molar-refractivity contribution in [1.29, 1.82) is 0 Å². The second kappa shape index (κ2) is 5.35. The summed E-state index contributed by atoms with van der Waals surface area (Å²) < 4.78 is 7.10. The van der Waals surface area contributed by atoms with Gasteiger partial charge in [-0.2, -0.15) is 0 Å². The average molecular weight is 246 g/mol. The number of carboxylic acid groups (broad SMARTS) is 1. The minimum Gasteiger partial charge on any atom is -0.493 e. The van der Waals surface area contributed by atoms with Crippen LogP contribution in [0, 0.1) is 0 Å². The van der Waals surface area contributed by atoms with Crippen LogP contribution in [0.4, 0.5) is 0 Å². The van der Waals surface area contributed by atoms with Crippen molar-refractivity contribution in [3.63, 3.8) is 0 Å². The number of rotatable bonds is 5. The van der Waals surface area contributed by atoms with Crippen LogP contribution in [0.5, 0.6) is 5.75 Å². The largest absolute Gasteiger partial charge is 0.493 e. The topological polar surface area (TPSA) is 64.4 Å². The van der Waals surface area contributed by atoms with E-state index < -0.39 is 5.97 Å². The number of hydrogen-bond donors (Lipinski definition) is 1. The predicted octanol–water partition coefficient (Wildman–Crippen LogP) is 1.74. The number of para-hydroxylation sites is 1. The highest BCUT2D eigenvalue weighted by atomic mass is 16.5. The molecule has 1 aromatic carbocycles. The molecule has 0 bridgehead atoms. The van der Waals surface area contributed by atoms with Crippen molar-refractivity contribution in [2.75, 3.05) is 6.61 Å². The molecule has 0 atom stereocenters. The maximum Gasteiger partial charge on any atom is 0.354 e. The van der Waals surface area contributed by atoms with E-state index in [1.807, 2.05) is 30.3 Å². The molecule has 2 aromatic rings. The van der Waals surface area contributed by atoms with E-state index in [2.05, 4.69) is 4.98 Å². The van der Waals surface area contributed by atoms with Crippen molar-refractivity contribution in [1.82, 2.24) is 9.55 Å². The van der Waals surface area contributed by atoms with Gasteiger partial charge in [-0.1, -0.05) is 18.2 Å². The number of carboxylic acids is 1. The van der Waals surface area contributed by atoms with Crippen LogP contribution >= 0.6 is 0 Å². The SMILES string of the molecule is Cn1c(C(=O)O)cnc1CCOc1ccccc1. The van der Waals surface area contributed by atoms with Crippen LogP contribution in [0.3, 0.4) is 0 Å². The third kappa shape index (κ3) is 2.68. The van der Waals surface area contributed by atoms with Gasteiger partial charge in [0, 0.05) is 13.5 Å². The van der Waals surface area contributed by atoms with Crippen LogP contribution in [-0.4, -0.2) is 27.2 Å². The summed E-state index contributed by atoms with van der Waals surface area (Å²) in [5, 5.41) is 8.89. The predicted molar refractivity (Wildman–Crippen MR) is 65.8 cm³/mol. The molecule has 0 aliphatic rings. The molecule has 94 valence electrons. The Bertz CT molecular complexity index is 534. The number of aromatic nitrogens is 2. The molecule has 0 aliphatic carbocycles. The molecular weight excluding hydrogens is 232 g/mol. The summed E-state index contributed by atoms with van der Waals surface area (Å²) in [5.74, 6) is 0.522. The number of aromatic carboxylic acids is 1. The number of nitrogens with zero attached hydrogens (tertiary/aromatic N) is 2. The molecule has 5 nitrogen and oxygen atoms in total.